The normalized spacial score (nSPS) is 11.6. The van der Waals surface area contributed by atoms with Crippen LogP contribution in [0.2, 0.25) is 0 Å². The van der Waals surface area contributed by atoms with Gasteiger partial charge in [0.15, 0.2) is 5.96 Å². The monoisotopic (exact) mass is 283 g/mol. The van der Waals surface area contributed by atoms with Crippen molar-refractivity contribution in [3.63, 3.8) is 0 Å². The Balaban J connectivity index is 2.21. The maximum atomic E-state index is 5.31. The Morgan fingerprint density at radius 1 is 1.53 bits per heavy atom. The Hall–Kier alpha value is -1.07. The zero-order chi connectivity index (χ0) is 13.9. The van der Waals surface area contributed by atoms with Gasteiger partial charge < -0.3 is 15.0 Å². The van der Waals surface area contributed by atoms with Gasteiger partial charge >= 0.3 is 0 Å². The zero-order valence-corrected chi connectivity index (χ0v) is 13.0. The third kappa shape index (κ3) is 6.59. The minimum absolute atomic E-state index is 0.787. The first-order valence-corrected chi connectivity index (χ1v) is 7.67. The van der Waals surface area contributed by atoms with E-state index in [1.54, 1.807) is 0 Å². The van der Waals surface area contributed by atoms with E-state index < -0.39 is 0 Å². The Morgan fingerprint density at radius 3 is 3.00 bits per heavy atom. The fourth-order valence-corrected chi connectivity index (χ4v) is 2.44. The van der Waals surface area contributed by atoms with Gasteiger partial charge in [0.05, 0.1) is 0 Å². The third-order valence-corrected chi connectivity index (χ3v) is 3.74. The molecule has 1 N–H and O–H groups in total. The van der Waals surface area contributed by atoms with Gasteiger partial charge in [-0.3, -0.25) is 4.99 Å². The van der Waals surface area contributed by atoms with Crippen LogP contribution in [0.15, 0.2) is 22.5 Å². The van der Waals surface area contributed by atoms with Crippen molar-refractivity contribution in [2.75, 3.05) is 40.4 Å². The lowest BCUT2D eigenvalue weighted by Gasteiger charge is -2.21. The van der Waals surface area contributed by atoms with Crippen LogP contribution in [0.1, 0.15) is 18.2 Å². The van der Waals surface area contributed by atoms with Crippen LogP contribution in [-0.4, -0.2) is 51.3 Å². The summed E-state index contributed by atoms with van der Waals surface area (Å²) in [4.78, 5) is 7.88. The highest BCUT2D eigenvalue weighted by atomic mass is 32.1. The first kappa shape index (κ1) is 16.0. The van der Waals surface area contributed by atoms with Crippen molar-refractivity contribution in [2.24, 2.45) is 4.99 Å². The van der Waals surface area contributed by atoms with Gasteiger partial charge in [0.2, 0.25) is 0 Å². The molecular formula is C14H25N3OS. The van der Waals surface area contributed by atoms with Crippen LogP contribution in [-0.2, 0) is 11.2 Å². The molecule has 0 aliphatic carbocycles. The second-order valence-corrected chi connectivity index (χ2v) is 5.31. The highest BCUT2D eigenvalue weighted by molar-refractivity contribution is 7.09. The Kier molecular flexibility index (Phi) is 8.25. The van der Waals surface area contributed by atoms with E-state index in [1.165, 1.54) is 4.88 Å². The molecule has 1 aromatic rings. The van der Waals surface area contributed by atoms with E-state index in [4.69, 9.17) is 4.74 Å². The summed E-state index contributed by atoms with van der Waals surface area (Å²) in [6.45, 7) is 5.49. The summed E-state index contributed by atoms with van der Waals surface area (Å²) in [5.41, 5.74) is 0. The van der Waals surface area contributed by atoms with Crippen LogP contribution < -0.4 is 5.32 Å². The van der Waals surface area contributed by atoms with Gasteiger partial charge in [-0.15, -0.1) is 11.3 Å². The molecule has 1 heterocycles. The molecule has 0 radical (unpaired) electrons. The summed E-state index contributed by atoms with van der Waals surface area (Å²) in [5, 5.41) is 5.48. The van der Waals surface area contributed by atoms with E-state index in [0.29, 0.717) is 0 Å². The lowest BCUT2D eigenvalue weighted by atomic mass is 10.3. The zero-order valence-electron chi connectivity index (χ0n) is 12.2. The molecule has 0 aliphatic rings. The molecule has 1 rings (SSSR count). The summed E-state index contributed by atoms with van der Waals surface area (Å²) in [5.74, 6) is 0.952. The van der Waals surface area contributed by atoms with Crippen LogP contribution in [0.4, 0.5) is 0 Å². The molecule has 0 bridgehead atoms. The molecule has 0 fully saturated rings. The average Bonchev–Trinajstić information content (AvgIpc) is 2.93. The number of nitrogens with one attached hydrogen (secondary N) is 1. The lowest BCUT2D eigenvalue weighted by molar-refractivity contribution is 0.145. The standard InChI is InChI=1S/C14H25N3OS/c1-4-18-11-6-9-16-14(15-2)17(3)10-8-13-7-5-12-19-13/h5,7,12H,4,6,8-11H2,1-3H3,(H,15,16). The van der Waals surface area contributed by atoms with Crippen molar-refractivity contribution in [3.05, 3.63) is 22.4 Å². The molecule has 0 aliphatic heterocycles. The summed E-state index contributed by atoms with van der Waals surface area (Å²) < 4.78 is 5.31. The molecule has 0 saturated carbocycles. The van der Waals surface area contributed by atoms with Crippen LogP contribution >= 0.6 is 11.3 Å². The molecule has 0 spiro atoms. The lowest BCUT2D eigenvalue weighted by Crippen LogP contribution is -2.40. The average molecular weight is 283 g/mol. The van der Waals surface area contributed by atoms with E-state index in [1.807, 2.05) is 25.3 Å². The molecule has 0 amide bonds. The number of likely N-dealkylation sites (N-methyl/N-ethyl adjacent to an activating group) is 1. The SMILES string of the molecule is CCOCCCNC(=NC)N(C)CCc1cccs1. The first-order chi connectivity index (χ1) is 9.27. The van der Waals surface area contributed by atoms with E-state index in [9.17, 15) is 0 Å². The predicted molar refractivity (Wildman–Crippen MR) is 83.1 cm³/mol. The number of hydrogen-bond donors (Lipinski definition) is 1. The molecule has 0 aromatic carbocycles. The molecule has 5 heteroatoms. The maximum Gasteiger partial charge on any atom is 0.193 e. The second-order valence-electron chi connectivity index (χ2n) is 4.28. The predicted octanol–water partition coefficient (Wildman–Crippen LogP) is 2.22. The second kappa shape index (κ2) is 9.81. The van der Waals surface area contributed by atoms with E-state index in [0.717, 1.165) is 45.1 Å². The molecule has 4 nitrogen and oxygen atoms in total. The number of hydrogen-bond acceptors (Lipinski definition) is 3. The Labute approximate surface area is 120 Å². The third-order valence-electron chi connectivity index (χ3n) is 2.80. The molecule has 108 valence electrons. The van der Waals surface area contributed by atoms with Crippen LogP contribution in [0.25, 0.3) is 0 Å². The number of ether oxygens (including phenoxy) is 1. The van der Waals surface area contributed by atoms with Gasteiger partial charge in [-0.05, 0) is 31.2 Å². The van der Waals surface area contributed by atoms with E-state index in [2.05, 4.69) is 39.8 Å². The van der Waals surface area contributed by atoms with Crippen LogP contribution in [0.5, 0.6) is 0 Å². The quantitative estimate of drug-likeness (QED) is 0.451. The molecule has 0 atom stereocenters. The van der Waals surface area contributed by atoms with Crippen molar-refractivity contribution < 1.29 is 4.74 Å². The highest BCUT2D eigenvalue weighted by Crippen LogP contribution is 2.09. The molecule has 1 aromatic heterocycles. The highest BCUT2D eigenvalue weighted by Gasteiger charge is 2.05. The largest absolute Gasteiger partial charge is 0.382 e. The molecule has 19 heavy (non-hydrogen) atoms. The Morgan fingerprint density at radius 2 is 2.37 bits per heavy atom. The number of aliphatic imine (C=N–C) groups is 1. The fraction of sp³-hybridized carbons (Fsp3) is 0.643. The van der Waals surface area contributed by atoms with E-state index >= 15 is 0 Å². The van der Waals surface area contributed by atoms with Gasteiger partial charge in [-0.25, -0.2) is 0 Å². The summed E-state index contributed by atoms with van der Waals surface area (Å²) in [7, 11) is 3.90. The molecule has 0 unspecified atom stereocenters. The van der Waals surface area contributed by atoms with Gasteiger partial charge in [-0.1, -0.05) is 6.07 Å². The summed E-state index contributed by atoms with van der Waals surface area (Å²) in [6.07, 6.45) is 2.07. The Bertz CT molecular complexity index is 352. The number of thiophene rings is 1. The van der Waals surface area contributed by atoms with Gasteiger partial charge in [0.1, 0.15) is 0 Å². The number of rotatable bonds is 8. The van der Waals surface area contributed by atoms with Crippen molar-refractivity contribution >= 4 is 17.3 Å². The number of nitrogens with zero attached hydrogens (tertiary/aromatic N) is 2. The molecular weight excluding hydrogens is 258 g/mol. The fourth-order valence-electron chi connectivity index (χ4n) is 1.74. The number of guanidine groups is 1. The topological polar surface area (TPSA) is 36.9 Å². The van der Waals surface area contributed by atoms with Crippen LogP contribution in [0, 0.1) is 0 Å². The summed E-state index contributed by atoms with van der Waals surface area (Å²) >= 11 is 1.81. The van der Waals surface area contributed by atoms with Crippen LogP contribution in [0.3, 0.4) is 0 Å². The van der Waals surface area contributed by atoms with Crippen molar-refractivity contribution in [1.82, 2.24) is 10.2 Å². The van der Waals surface area contributed by atoms with Crippen molar-refractivity contribution in [1.29, 1.82) is 0 Å². The minimum atomic E-state index is 0.787. The van der Waals surface area contributed by atoms with E-state index in [-0.39, 0.29) is 0 Å². The smallest absolute Gasteiger partial charge is 0.193 e. The van der Waals surface area contributed by atoms with Gasteiger partial charge in [-0.2, -0.15) is 0 Å². The minimum Gasteiger partial charge on any atom is -0.382 e. The van der Waals surface area contributed by atoms with Crippen molar-refractivity contribution in [2.45, 2.75) is 19.8 Å². The molecule has 0 saturated heterocycles. The van der Waals surface area contributed by atoms with Gasteiger partial charge in [0.25, 0.3) is 0 Å². The van der Waals surface area contributed by atoms with Crippen molar-refractivity contribution in [3.8, 4) is 0 Å². The summed E-state index contributed by atoms with van der Waals surface area (Å²) in [6, 6.07) is 4.28. The first-order valence-electron chi connectivity index (χ1n) is 6.79. The van der Waals surface area contributed by atoms with Gasteiger partial charge in [0, 0.05) is 45.3 Å². The maximum absolute atomic E-state index is 5.31.